The molecule has 1 unspecified atom stereocenters. The van der Waals surface area contributed by atoms with Crippen LogP contribution in [0.2, 0.25) is 0 Å². The predicted octanol–water partition coefficient (Wildman–Crippen LogP) is 1.60. The standard InChI is InChI=1S/C11H17NO2/c1-7-4-5-9(6-8(2)12)10(13)11(7)14-3/h4-5,8,13H,6,12H2,1-3H3. The van der Waals surface area contributed by atoms with Gasteiger partial charge in [0.15, 0.2) is 11.5 Å². The normalized spacial score (nSPS) is 12.6. The van der Waals surface area contributed by atoms with E-state index in [1.807, 2.05) is 26.0 Å². The van der Waals surface area contributed by atoms with E-state index in [1.54, 1.807) is 7.11 Å². The van der Waals surface area contributed by atoms with E-state index in [4.69, 9.17) is 10.5 Å². The molecule has 1 rings (SSSR count). The lowest BCUT2D eigenvalue weighted by molar-refractivity contribution is 0.367. The van der Waals surface area contributed by atoms with E-state index in [0.29, 0.717) is 12.2 Å². The minimum atomic E-state index is 0.0355. The lowest BCUT2D eigenvalue weighted by Crippen LogP contribution is -2.17. The van der Waals surface area contributed by atoms with Gasteiger partial charge in [0.2, 0.25) is 0 Å². The first-order valence-corrected chi connectivity index (χ1v) is 4.67. The fourth-order valence-electron chi connectivity index (χ4n) is 1.48. The highest BCUT2D eigenvalue weighted by Gasteiger charge is 2.11. The zero-order chi connectivity index (χ0) is 10.7. The highest BCUT2D eigenvalue weighted by molar-refractivity contribution is 5.50. The minimum Gasteiger partial charge on any atom is -0.504 e. The molecule has 1 aromatic rings. The first kappa shape index (κ1) is 10.9. The molecule has 1 aromatic carbocycles. The topological polar surface area (TPSA) is 55.5 Å². The second kappa shape index (κ2) is 4.33. The smallest absolute Gasteiger partial charge is 0.163 e. The Hall–Kier alpha value is -1.22. The van der Waals surface area contributed by atoms with Gasteiger partial charge >= 0.3 is 0 Å². The number of hydrogen-bond donors (Lipinski definition) is 2. The van der Waals surface area contributed by atoms with Crippen LogP contribution in [0, 0.1) is 6.92 Å². The molecule has 0 fully saturated rings. The first-order valence-electron chi connectivity index (χ1n) is 4.67. The summed E-state index contributed by atoms with van der Waals surface area (Å²) < 4.78 is 5.11. The summed E-state index contributed by atoms with van der Waals surface area (Å²) >= 11 is 0. The van der Waals surface area contributed by atoms with E-state index < -0.39 is 0 Å². The number of rotatable bonds is 3. The van der Waals surface area contributed by atoms with E-state index in [-0.39, 0.29) is 11.8 Å². The minimum absolute atomic E-state index is 0.0355. The van der Waals surface area contributed by atoms with Crippen molar-refractivity contribution in [2.24, 2.45) is 5.73 Å². The molecule has 0 aromatic heterocycles. The van der Waals surface area contributed by atoms with E-state index in [1.165, 1.54) is 0 Å². The van der Waals surface area contributed by atoms with Gasteiger partial charge in [-0.2, -0.15) is 0 Å². The van der Waals surface area contributed by atoms with Crippen molar-refractivity contribution in [2.45, 2.75) is 26.3 Å². The second-order valence-corrected chi connectivity index (χ2v) is 3.60. The number of phenols is 1. The maximum absolute atomic E-state index is 9.84. The molecule has 3 heteroatoms. The van der Waals surface area contributed by atoms with Crippen molar-refractivity contribution in [1.29, 1.82) is 0 Å². The van der Waals surface area contributed by atoms with Crippen LogP contribution in [0.15, 0.2) is 12.1 Å². The number of aryl methyl sites for hydroxylation is 1. The Morgan fingerprint density at radius 1 is 1.50 bits per heavy atom. The van der Waals surface area contributed by atoms with Crippen molar-refractivity contribution in [1.82, 2.24) is 0 Å². The SMILES string of the molecule is COc1c(C)ccc(CC(C)N)c1O. The van der Waals surface area contributed by atoms with Crippen molar-refractivity contribution >= 4 is 0 Å². The average molecular weight is 195 g/mol. The van der Waals surface area contributed by atoms with E-state index in [2.05, 4.69) is 0 Å². The van der Waals surface area contributed by atoms with Gasteiger partial charge in [-0.25, -0.2) is 0 Å². The van der Waals surface area contributed by atoms with Crippen molar-refractivity contribution in [3.8, 4) is 11.5 Å². The number of methoxy groups -OCH3 is 1. The molecule has 0 aliphatic carbocycles. The lowest BCUT2D eigenvalue weighted by atomic mass is 10.0. The summed E-state index contributed by atoms with van der Waals surface area (Å²) in [6.45, 7) is 3.81. The number of nitrogens with two attached hydrogens (primary N) is 1. The molecular weight excluding hydrogens is 178 g/mol. The summed E-state index contributed by atoms with van der Waals surface area (Å²) in [7, 11) is 1.55. The molecule has 3 nitrogen and oxygen atoms in total. The van der Waals surface area contributed by atoms with Crippen LogP contribution in [0.3, 0.4) is 0 Å². The van der Waals surface area contributed by atoms with Crippen LogP contribution in [0.25, 0.3) is 0 Å². The zero-order valence-corrected chi connectivity index (χ0v) is 8.87. The Morgan fingerprint density at radius 2 is 2.14 bits per heavy atom. The van der Waals surface area contributed by atoms with Crippen molar-refractivity contribution in [2.75, 3.05) is 7.11 Å². The third-order valence-corrected chi connectivity index (χ3v) is 2.16. The van der Waals surface area contributed by atoms with Crippen LogP contribution in [0.1, 0.15) is 18.1 Å². The molecule has 0 bridgehead atoms. The summed E-state index contributed by atoms with van der Waals surface area (Å²) in [6, 6.07) is 3.85. The summed E-state index contributed by atoms with van der Waals surface area (Å²) in [5, 5.41) is 9.84. The fourth-order valence-corrected chi connectivity index (χ4v) is 1.48. The molecule has 14 heavy (non-hydrogen) atoms. The van der Waals surface area contributed by atoms with Gasteiger partial charge < -0.3 is 15.6 Å². The molecule has 0 spiro atoms. The van der Waals surface area contributed by atoms with Crippen LogP contribution < -0.4 is 10.5 Å². The Balaban J connectivity index is 3.08. The Labute approximate surface area is 84.5 Å². The lowest BCUT2D eigenvalue weighted by Gasteiger charge is -2.12. The third-order valence-electron chi connectivity index (χ3n) is 2.16. The number of phenolic OH excluding ortho intramolecular Hbond substituents is 1. The molecule has 0 aliphatic heterocycles. The molecule has 0 radical (unpaired) electrons. The molecule has 0 amide bonds. The third kappa shape index (κ3) is 2.17. The molecule has 1 atom stereocenters. The van der Waals surface area contributed by atoms with Crippen molar-refractivity contribution < 1.29 is 9.84 Å². The maximum atomic E-state index is 9.84. The van der Waals surface area contributed by atoms with Gasteiger partial charge in [0.1, 0.15) is 0 Å². The maximum Gasteiger partial charge on any atom is 0.163 e. The number of benzene rings is 1. The summed E-state index contributed by atoms with van der Waals surface area (Å²) in [4.78, 5) is 0. The monoisotopic (exact) mass is 195 g/mol. The first-order chi connectivity index (χ1) is 6.56. The van der Waals surface area contributed by atoms with E-state index >= 15 is 0 Å². The number of aromatic hydroxyl groups is 1. The van der Waals surface area contributed by atoms with Gasteiger partial charge in [-0.1, -0.05) is 12.1 Å². The number of ether oxygens (including phenoxy) is 1. The molecule has 0 saturated heterocycles. The van der Waals surface area contributed by atoms with Crippen LogP contribution in [-0.4, -0.2) is 18.3 Å². The second-order valence-electron chi connectivity index (χ2n) is 3.60. The number of hydrogen-bond acceptors (Lipinski definition) is 3. The summed E-state index contributed by atoms with van der Waals surface area (Å²) in [6.07, 6.45) is 0.655. The Morgan fingerprint density at radius 3 is 2.64 bits per heavy atom. The summed E-state index contributed by atoms with van der Waals surface area (Å²) in [5.41, 5.74) is 7.44. The van der Waals surface area contributed by atoms with Gasteiger partial charge in [0, 0.05) is 6.04 Å². The van der Waals surface area contributed by atoms with Gasteiger partial charge in [-0.05, 0) is 31.4 Å². The fraction of sp³-hybridized carbons (Fsp3) is 0.455. The molecule has 0 heterocycles. The van der Waals surface area contributed by atoms with Gasteiger partial charge in [0.25, 0.3) is 0 Å². The van der Waals surface area contributed by atoms with Crippen LogP contribution in [0.4, 0.5) is 0 Å². The molecule has 0 aliphatic rings. The Kier molecular flexibility index (Phi) is 3.36. The average Bonchev–Trinajstić information content (AvgIpc) is 2.10. The molecule has 78 valence electrons. The van der Waals surface area contributed by atoms with Crippen molar-refractivity contribution in [3.05, 3.63) is 23.3 Å². The highest BCUT2D eigenvalue weighted by Crippen LogP contribution is 2.33. The van der Waals surface area contributed by atoms with E-state index in [0.717, 1.165) is 11.1 Å². The van der Waals surface area contributed by atoms with Crippen molar-refractivity contribution in [3.63, 3.8) is 0 Å². The predicted molar refractivity (Wildman–Crippen MR) is 56.7 cm³/mol. The quantitative estimate of drug-likeness (QED) is 0.770. The van der Waals surface area contributed by atoms with Gasteiger partial charge in [0.05, 0.1) is 7.11 Å². The van der Waals surface area contributed by atoms with E-state index in [9.17, 15) is 5.11 Å². The molecule has 0 saturated carbocycles. The van der Waals surface area contributed by atoms with Crippen LogP contribution in [-0.2, 0) is 6.42 Å². The zero-order valence-electron chi connectivity index (χ0n) is 8.87. The molecule has 3 N–H and O–H groups in total. The summed E-state index contributed by atoms with van der Waals surface area (Å²) in [5.74, 6) is 0.757. The van der Waals surface area contributed by atoms with Crippen LogP contribution >= 0.6 is 0 Å². The van der Waals surface area contributed by atoms with Gasteiger partial charge in [-0.15, -0.1) is 0 Å². The largest absolute Gasteiger partial charge is 0.504 e. The highest BCUT2D eigenvalue weighted by atomic mass is 16.5. The molecular formula is C11H17NO2. The van der Waals surface area contributed by atoms with Crippen LogP contribution in [0.5, 0.6) is 11.5 Å². The van der Waals surface area contributed by atoms with Gasteiger partial charge in [-0.3, -0.25) is 0 Å². The Bertz CT molecular complexity index is 321.